The number of benzene rings is 1. The highest BCUT2D eigenvalue weighted by Crippen LogP contribution is 2.38. The monoisotopic (exact) mass is 711 g/mol. The highest BCUT2D eigenvalue weighted by molar-refractivity contribution is 6.02. The van der Waals surface area contributed by atoms with Gasteiger partial charge in [0.1, 0.15) is 23.4 Å². The van der Waals surface area contributed by atoms with Gasteiger partial charge in [-0.15, -0.1) is 5.06 Å². The highest BCUT2D eigenvalue weighted by atomic mass is 16.7. The Hall–Kier alpha value is -4.88. The molecule has 1 aromatic carbocycles. The van der Waals surface area contributed by atoms with Crippen LogP contribution >= 0.6 is 0 Å². The molecule has 0 bridgehead atoms. The number of carbonyl (C=O) groups excluding carboxylic acids is 6. The highest BCUT2D eigenvalue weighted by Gasteiger charge is 2.46. The summed E-state index contributed by atoms with van der Waals surface area (Å²) in [7, 11) is 6.49. The van der Waals surface area contributed by atoms with Gasteiger partial charge >= 0.3 is 12.1 Å². The molecule has 1 saturated heterocycles. The largest absolute Gasteiger partial charge is 0.497 e. The van der Waals surface area contributed by atoms with E-state index in [9.17, 15) is 28.8 Å². The van der Waals surface area contributed by atoms with Gasteiger partial charge in [0, 0.05) is 68.6 Å². The summed E-state index contributed by atoms with van der Waals surface area (Å²) in [6, 6.07) is 3.44. The molecule has 1 fully saturated rings. The standard InChI is InChI=1S/C37H53N5O9/c1-22(33(47)51-42-27(43)16-17-28(42)44)18-19-39(10)32(46)29(35(2,3)4)38-31(45)30(41(12)34(48)50-36(5,6)7)37(8,9)25-21-40(11)26-15-14-23(49-13)20-24(25)26/h14-15,18,20-21,29-30H,16-17,19H2,1-13H3,(H,38,45)/b22-18+. The molecule has 14 nitrogen and oxygen atoms in total. The maximum Gasteiger partial charge on any atom is 0.410 e. The van der Waals surface area contributed by atoms with E-state index in [4.69, 9.17) is 14.3 Å². The molecule has 1 aliphatic heterocycles. The number of rotatable bonds is 11. The Morgan fingerprint density at radius 3 is 2.10 bits per heavy atom. The van der Waals surface area contributed by atoms with Crippen LogP contribution in [-0.4, -0.2) is 101 Å². The molecule has 5 amide bonds. The van der Waals surface area contributed by atoms with Crippen LogP contribution in [0.5, 0.6) is 5.75 Å². The lowest BCUT2D eigenvalue weighted by molar-refractivity contribution is -0.194. The second-order valence-electron chi connectivity index (χ2n) is 15.6. The molecule has 2 heterocycles. The van der Waals surface area contributed by atoms with Gasteiger partial charge in [-0.2, -0.15) is 0 Å². The number of ether oxygens (including phenoxy) is 2. The number of carbonyl (C=O) groups is 6. The van der Waals surface area contributed by atoms with E-state index in [1.54, 1.807) is 48.7 Å². The average molecular weight is 712 g/mol. The van der Waals surface area contributed by atoms with Crippen LogP contribution in [0.3, 0.4) is 0 Å². The molecule has 2 unspecified atom stereocenters. The summed E-state index contributed by atoms with van der Waals surface area (Å²) >= 11 is 0. The zero-order valence-corrected chi connectivity index (χ0v) is 32.1. The summed E-state index contributed by atoms with van der Waals surface area (Å²) < 4.78 is 13.1. The molecule has 1 N–H and O–H groups in total. The van der Waals surface area contributed by atoms with Crippen molar-refractivity contribution in [3.63, 3.8) is 0 Å². The van der Waals surface area contributed by atoms with Crippen LogP contribution in [0.2, 0.25) is 0 Å². The molecule has 280 valence electrons. The van der Waals surface area contributed by atoms with Crippen LogP contribution in [-0.2, 0) is 46.0 Å². The predicted octanol–water partition coefficient (Wildman–Crippen LogP) is 4.24. The third-order valence-corrected chi connectivity index (χ3v) is 8.84. The number of aromatic nitrogens is 1. The molecule has 0 saturated carbocycles. The maximum atomic E-state index is 14.6. The molecule has 0 radical (unpaired) electrons. The van der Waals surface area contributed by atoms with Crippen molar-refractivity contribution in [2.24, 2.45) is 12.5 Å². The van der Waals surface area contributed by atoms with E-state index >= 15 is 0 Å². The number of imide groups is 1. The zero-order chi connectivity index (χ0) is 38.8. The third kappa shape index (κ3) is 9.27. The smallest absolute Gasteiger partial charge is 0.410 e. The fourth-order valence-corrected chi connectivity index (χ4v) is 5.94. The lowest BCUT2D eigenvalue weighted by Gasteiger charge is -2.41. The summed E-state index contributed by atoms with van der Waals surface area (Å²) in [5.41, 5.74) is -0.916. The van der Waals surface area contributed by atoms with E-state index in [-0.39, 0.29) is 25.0 Å². The summed E-state index contributed by atoms with van der Waals surface area (Å²) in [4.78, 5) is 86.0. The van der Waals surface area contributed by atoms with Crippen LogP contribution in [0, 0.1) is 5.41 Å². The van der Waals surface area contributed by atoms with Gasteiger partial charge < -0.3 is 29.1 Å². The van der Waals surface area contributed by atoms with Crippen LogP contribution < -0.4 is 10.1 Å². The third-order valence-electron chi connectivity index (χ3n) is 8.84. The molecule has 1 aliphatic rings. The van der Waals surface area contributed by atoms with Crippen molar-refractivity contribution >= 4 is 46.6 Å². The van der Waals surface area contributed by atoms with Crippen LogP contribution in [0.15, 0.2) is 36.0 Å². The van der Waals surface area contributed by atoms with Gasteiger partial charge in [-0.25, -0.2) is 9.59 Å². The Balaban J connectivity index is 1.97. The van der Waals surface area contributed by atoms with E-state index in [1.807, 2.05) is 49.9 Å². The van der Waals surface area contributed by atoms with Gasteiger partial charge in [0.05, 0.1) is 7.11 Å². The van der Waals surface area contributed by atoms with Crippen molar-refractivity contribution in [1.29, 1.82) is 0 Å². The number of aryl methyl sites for hydroxylation is 1. The topological polar surface area (TPSA) is 157 Å². The Bertz CT molecular complexity index is 1710. The summed E-state index contributed by atoms with van der Waals surface area (Å²) in [6.07, 6.45) is 2.57. The molecule has 1 aromatic heterocycles. The number of hydrogen-bond donors (Lipinski definition) is 1. The predicted molar refractivity (Wildman–Crippen MR) is 190 cm³/mol. The lowest BCUT2D eigenvalue weighted by atomic mass is 9.76. The molecule has 14 heteroatoms. The number of hydroxylamine groups is 2. The summed E-state index contributed by atoms with van der Waals surface area (Å²) in [5, 5.41) is 4.24. The fraction of sp³-hybridized carbons (Fsp3) is 0.568. The van der Waals surface area contributed by atoms with E-state index in [0.717, 1.165) is 16.5 Å². The maximum absolute atomic E-state index is 14.6. The SMILES string of the molecule is COc1ccc2c(c1)c(C(C)(C)C(C(=O)NC(C(=O)N(C)C/C=C(\C)C(=O)ON1C(=O)CCC1=O)C(C)(C)C)N(C)C(=O)OC(C)(C)C)cn2C. The number of likely N-dealkylation sites (N-methyl/N-ethyl adjacent to an activating group) is 2. The number of fused-ring (bicyclic) bond motifs is 1. The average Bonchev–Trinajstić information content (AvgIpc) is 3.53. The van der Waals surface area contributed by atoms with E-state index < -0.39 is 64.2 Å². The normalized spacial score (nSPS) is 15.4. The Kier molecular flexibility index (Phi) is 12.1. The van der Waals surface area contributed by atoms with Gasteiger partial charge in [0.2, 0.25) is 11.8 Å². The zero-order valence-electron chi connectivity index (χ0n) is 32.1. The minimum absolute atomic E-state index is 0.0334. The summed E-state index contributed by atoms with van der Waals surface area (Å²) in [5.74, 6) is -2.51. The fourth-order valence-electron chi connectivity index (χ4n) is 5.94. The molecular formula is C37H53N5O9. The molecule has 2 atom stereocenters. The van der Waals surface area contributed by atoms with E-state index in [1.165, 1.54) is 36.9 Å². The minimum Gasteiger partial charge on any atom is -0.497 e. The van der Waals surface area contributed by atoms with Crippen LogP contribution in [0.1, 0.15) is 80.7 Å². The van der Waals surface area contributed by atoms with Crippen molar-refractivity contribution in [2.75, 3.05) is 27.7 Å². The molecule has 51 heavy (non-hydrogen) atoms. The first kappa shape index (κ1) is 40.5. The van der Waals surface area contributed by atoms with Crippen molar-refractivity contribution in [2.45, 2.75) is 98.3 Å². The first-order valence-corrected chi connectivity index (χ1v) is 16.8. The number of hydrogen-bond acceptors (Lipinski definition) is 9. The van der Waals surface area contributed by atoms with Crippen molar-refractivity contribution < 1.29 is 43.1 Å². The number of methoxy groups -OCH3 is 1. The molecule has 0 spiro atoms. The van der Waals surface area contributed by atoms with Gasteiger partial charge in [-0.1, -0.05) is 40.7 Å². The molecule has 2 aromatic rings. The van der Waals surface area contributed by atoms with Gasteiger partial charge in [0.15, 0.2) is 0 Å². The summed E-state index contributed by atoms with van der Waals surface area (Å²) in [6.45, 7) is 15.8. The number of amides is 5. The number of nitrogens with one attached hydrogen (secondary N) is 1. The van der Waals surface area contributed by atoms with Crippen molar-refractivity contribution in [3.8, 4) is 5.75 Å². The Morgan fingerprint density at radius 1 is 0.980 bits per heavy atom. The molecule has 0 aliphatic carbocycles. The second-order valence-corrected chi connectivity index (χ2v) is 15.6. The Morgan fingerprint density at radius 2 is 1.57 bits per heavy atom. The quantitative estimate of drug-likeness (QED) is 0.266. The van der Waals surface area contributed by atoms with Gasteiger partial charge in [0.25, 0.3) is 11.8 Å². The number of nitrogens with zero attached hydrogens (tertiary/aromatic N) is 4. The second kappa shape index (κ2) is 15.2. The van der Waals surface area contributed by atoms with E-state index in [0.29, 0.717) is 10.8 Å². The van der Waals surface area contributed by atoms with E-state index in [2.05, 4.69) is 5.32 Å². The first-order valence-electron chi connectivity index (χ1n) is 16.8. The molecular weight excluding hydrogens is 658 g/mol. The molecule has 3 rings (SSSR count). The van der Waals surface area contributed by atoms with Crippen molar-refractivity contribution in [3.05, 3.63) is 41.6 Å². The van der Waals surface area contributed by atoms with Crippen LogP contribution in [0.4, 0.5) is 4.79 Å². The Labute approximate surface area is 300 Å². The minimum atomic E-state index is -1.15. The first-order chi connectivity index (χ1) is 23.4. The van der Waals surface area contributed by atoms with Gasteiger partial charge in [-0.05, 0) is 56.9 Å². The van der Waals surface area contributed by atoms with Gasteiger partial charge in [-0.3, -0.25) is 24.1 Å². The van der Waals surface area contributed by atoms with Crippen molar-refractivity contribution in [1.82, 2.24) is 24.7 Å². The lowest BCUT2D eigenvalue weighted by Crippen LogP contribution is -2.62. The van der Waals surface area contributed by atoms with Crippen LogP contribution in [0.25, 0.3) is 10.9 Å².